The molecule has 0 aliphatic carbocycles. The molecule has 1 aliphatic rings. The maximum Gasteiger partial charge on any atom is 0.238 e. The van der Waals surface area contributed by atoms with E-state index >= 15 is 0 Å². The van der Waals surface area contributed by atoms with E-state index in [0.717, 1.165) is 36.2 Å². The van der Waals surface area contributed by atoms with Crippen LogP contribution < -0.4 is 0 Å². The Balaban J connectivity index is 2.28. The highest BCUT2D eigenvalue weighted by Crippen LogP contribution is 2.30. The van der Waals surface area contributed by atoms with Gasteiger partial charge < -0.3 is 5.11 Å². The number of hydrogen-bond acceptors (Lipinski definition) is 3. The van der Waals surface area contributed by atoms with Crippen molar-refractivity contribution in [3.63, 3.8) is 0 Å². The molecule has 1 rings (SSSR count). The van der Waals surface area contributed by atoms with Crippen molar-refractivity contribution in [2.24, 2.45) is 5.92 Å². The van der Waals surface area contributed by atoms with Crippen LogP contribution in [-0.2, 0) is 9.59 Å². The first-order valence-electron chi connectivity index (χ1n) is 16.3. The van der Waals surface area contributed by atoms with Crippen LogP contribution in [0.3, 0.4) is 0 Å². The number of likely N-dealkylation sites (tertiary alicyclic amines) is 1. The molecule has 0 bridgehead atoms. The van der Waals surface area contributed by atoms with Gasteiger partial charge in [0.1, 0.15) is 6.73 Å². The molecule has 0 spiro atoms. The van der Waals surface area contributed by atoms with Crippen molar-refractivity contribution < 1.29 is 14.7 Å². The van der Waals surface area contributed by atoms with Crippen LogP contribution in [0.25, 0.3) is 0 Å². The van der Waals surface area contributed by atoms with Crippen LogP contribution in [0.4, 0.5) is 0 Å². The zero-order valence-corrected chi connectivity index (χ0v) is 24.8. The number of amides is 2. The lowest BCUT2D eigenvalue weighted by Crippen LogP contribution is -2.31. The van der Waals surface area contributed by atoms with Gasteiger partial charge in [-0.25, -0.2) is 0 Å². The van der Waals surface area contributed by atoms with Gasteiger partial charge in [0.2, 0.25) is 11.8 Å². The lowest BCUT2D eigenvalue weighted by molar-refractivity contribution is -0.143. The van der Waals surface area contributed by atoms with Gasteiger partial charge in [-0.15, -0.1) is 0 Å². The monoisotopic (exact) mass is 519 g/mol. The fourth-order valence-corrected chi connectivity index (χ4v) is 5.63. The summed E-state index contributed by atoms with van der Waals surface area (Å²) in [5, 5.41) is 9.44. The normalized spacial score (nSPS) is 16.4. The molecule has 0 aromatic heterocycles. The Labute approximate surface area is 230 Å². The lowest BCUT2D eigenvalue weighted by atomic mass is 9.91. The van der Waals surface area contributed by atoms with Gasteiger partial charge in [-0.3, -0.25) is 14.5 Å². The van der Waals surface area contributed by atoms with E-state index in [0.29, 0.717) is 0 Å². The molecule has 1 atom stereocenters. The Morgan fingerprint density at radius 3 is 1.49 bits per heavy atom. The van der Waals surface area contributed by atoms with Crippen LogP contribution in [0, 0.1) is 5.92 Å². The molecule has 0 aromatic carbocycles. The number of carbonyl (C=O) groups is 2. The van der Waals surface area contributed by atoms with Crippen molar-refractivity contribution in [3.05, 3.63) is 11.6 Å². The molecule has 0 aromatic rings. The van der Waals surface area contributed by atoms with Gasteiger partial charge in [0.05, 0.1) is 5.92 Å². The summed E-state index contributed by atoms with van der Waals surface area (Å²) >= 11 is 0. The number of imide groups is 1. The molecular formula is C33H61NO3. The van der Waals surface area contributed by atoms with E-state index in [1.165, 1.54) is 128 Å². The summed E-state index contributed by atoms with van der Waals surface area (Å²) in [5.41, 5.74) is 1.15. The second-order valence-corrected chi connectivity index (χ2v) is 11.4. The summed E-state index contributed by atoms with van der Waals surface area (Å²) in [5.74, 6) is -0.756. The fourth-order valence-electron chi connectivity index (χ4n) is 5.63. The number of aliphatic hydroxyl groups is 1. The molecule has 0 saturated carbocycles. The first kappa shape index (κ1) is 33.9. The summed E-state index contributed by atoms with van der Waals surface area (Å²) < 4.78 is 0. The van der Waals surface area contributed by atoms with Crippen LogP contribution in [-0.4, -0.2) is 28.6 Å². The van der Waals surface area contributed by atoms with Crippen molar-refractivity contribution in [2.75, 3.05) is 6.73 Å². The van der Waals surface area contributed by atoms with Gasteiger partial charge >= 0.3 is 0 Å². The number of hydrogen-bond donors (Lipinski definition) is 1. The second kappa shape index (κ2) is 23.9. The number of carbonyl (C=O) groups excluding carboxylic acids is 2. The van der Waals surface area contributed by atoms with Crippen LogP contribution in [0.15, 0.2) is 11.6 Å². The molecule has 1 N–H and O–H groups in total. The van der Waals surface area contributed by atoms with Crippen molar-refractivity contribution in [1.82, 2.24) is 4.90 Å². The first-order valence-corrected chi connectivity index (χ1v) is 16.3. The van der Waals surface area contributed by atoms with Gasteiger partial charge in [0, 0.05) is 6.42 Å². The van der Waals surface area contributed by atoms with Crippen molar-refractivity contribution in [1.29, 1.82) is 0 Å². The highest BCUT2D eigenvalue weighted by molar-refractivity contribution is 6.04. The standard InChI is InChI=1S/C33H61NO3/c1-3-5-7-9-11-13-15-17-19-21-23-25-27-30(31-28-32(36)34(29-35)33(31)37)26-24-22-20-18-16-14-12-10-8-6-4-2/h27,31,35H,3-26,28-29H2,1-2H3. The molecule has 2 amide bonds. The zero-order chi connectivity index (χ0) is 27.0. The van der Waals surface area contributed by atoms with Gasteiger partial charge in [0.15, 0.2) is 0 Å². The van der Waals surface area contributed by atoms with Gasteiger partial charge in [0.25, 0.3) is 0 Å². The van der Waals surface area contributed by atoms with Crippen LogP contribution in [0.2, 0.25) is 0 Å². The molecule has 1 aliphatic heterocycles. The predicted octanol–water partition coefficient (Wildman–Crippen LogP) is 9.64. The molecule has 0 radical (unpaired) electrons. The van der Waals surface area contributed by atoms with Crippen molar-refractivity contribution in [2.45, 2.75) is 174 Å². The SMILES string of the molecule is CCCCCCCCCCCCCC=C(CCCCCCCCCCCCC)C1CC(=O)N(CO)C1=O. The molecule has 1 saturated heterocycles. The molecule has 216 valence electrons. The second-order valence-electron chi connectivity index (χ2n) is 11.4. The molecule has 1 fully saturated rings. The third-order valence-electron chi connectivity index (χ3n) is 8.12. The van der Waals surface area contributed by atoms with E-state index in [9.17, 15) is 14.7 Å². The predicted molar refractivity (Wildman–Crippen MR) is 157 cm³/mol. The van der Waals surface area contributed by atoms with Crippen LogP contribution >= 0.6 is 0 Å². The van der Waals surface area contributed by atoms with Crippen molar-refractivity contribution >= 4 is 11.8 Å². The fraction of sp³-hybridized carbons (Fsp3) is 0.879. The number of unbranched alkanes of at least 4 members (excludes halogenated alkanes) is 21. The van der Waals surface area contributed by atoms with E-state index in [4.69, 9.17) is 0 Å². The molecule has 1 heterocycles. The molecule has 4 nitrogen and oxygen atoms in total. The highest BCUT2D eigenvalue weighted by atomic mass is 16.3. The Bertz CT molecular complexity index is 600. The Morgan fingerprint density at radius 1 is 0.676 bits per heavy atom. The van der Waals surface area contributed by atoms with Crippen LogP contribution in [0.1, 0.15) is 174 Å². The topological polar surface area (TPSA) is 57.6 Å². The smallest absolute Gasteiger partial charge is 0.238 e. The minimum atomic E-state index is -0.488. The number of allylic oxidation sites excluding steroid dienone is 1. The average molecular weight is 520 g/mol. The summed E-state index contributed by atoms with van der Waals surface area (Å²) in [6, 6.07) is 0. The summed E-state index contributed by atoms with van der Waals surface area (Å²) in [6.45, 7) is 4.05. The number of aliphatic hydroxyl groups excluding tert-OH is 1. The molecule has 4 heteroatoms. The van der Waals surface area contributed by atoms with E-state index in [1.54, 1.807) is 0 Å². The minimum Gasteiger partial charge on any atom is -0.376 e. The number of nitrogens with zero attached hydrogens (tertiary/aromatic N) is 1. The quantitative estimate of drug-likeness (QED) is 0.0703. The number of rotatable bonds is 26. The Hall–Kier alpha value is -1.16. The zero-order valence-electron chi connectivity index (χ0n) is 24.8. The molecule has 1 unspecified atom stereocenters. The van der Waals surface area contributed by atoms with E-state index in [-0.39, 0.29) is 24.2 Å². The van der Waals surface area contributed by atoms with Gasteiger partial charge in [-0.1, -0.05) is 154 Å². The largest absolute Gasteiger partial charge is 0.376 e. The van der Waals surface area contributed by atoms with E-state index < -0.39 is 6.73 Å². The average Bonchev–Trinajstić information content (AvgIpc) is 3.19. The van der Waals surface area contributed by atoms with Crippen LogP contribution in [0.5, 0.6) is 0 Å². The summed E-state index contributed by atoms with van der Waals surface area (Å²) in [7, 11) is 0. The molecule has 37 heavy (non-hydrogen) atoms. The highest BCUT2D eigenvalue weighted by Gasteiger charge is 2.39. The first-order chi connectivity index (χ1) is 18.2. The van der Waals surface area contributed by atoms with E-state index in [2.05, 4.69) is 19.9 Å². The van der Waals surface area contributed by atoms with Gasteiger partial charge in [-0.05, 0) is 25.7 Å². The lowest BCUT2D eigenvalue weighted by Gasteiger charge is -2.15. The van der Waals surface area contributed by atoms with E-state index in [1.807, 2.05) is 0 Å². The third-order valence-corrected chi connectivity index (χ3v) is 8.12. The molecular weight excluding hydrogens is 458 g/mol. The summed E-state index contributed by atoms with van der Waals surface area (Å²) in [6.07, 6.45) is 33.5. The Morgan fingerprint density at radius 2 is 1.08 bits per heavy atom. The summed E-state index contributed by atoms with van der Waals surface area (Å²) in [4.78, 5) is 25.9. The van der Waals surface area contributed by atoms with Gasteiger partial charge in [-0.2, -0.15) is 0 Å². The maximum absolute atomic E-state index is 12.7. The maximum atomic E-state index is 12.7. The minimum absolute atomic E-state index is 0.194. The third kappa shape index (κ3) is 16.4. The van der Waals surface area contributed by atoms with Crippen molar-refractivity contribution in [3.8, 4) is 0 Å². The Kier molecular flexibility index (Phi) is 21.9.